The molecule has 27 heavy (non-hydrogen) atoms. The number of hydrogen-bond acceptors (Lipinski definition) is 3. The molecule has 2 heterocycles. The van der Waals surface area contributed by atoms with Gasteiger partial charge in [0.1, 0.15) is 5.69 Å². The Bertz CT molecular complexity index is 730. The molecule has 1 aromatic heterocycles. The third-order valence-corrected chi connectivity index (χ3v) is 5.97. The Morgan fingerprint density at radius 3 is 2.52 bits per heavy atom. The van der Waals surface area contributed by atoms with Crippen LogP contribution in [-0.4, -0.2) is 45.6 Å². The van der Waals surface area contributed by atoms with Crippen LogP contribution in [0.15, 0.2) is 36.5 Å². The molecule has 6 nitrogen and oxygen atoms in total. The fraction of sp³-hybridized carbons (Fsp3) is 0.571. The molecule has 144 valence electrons. The van der Waals surface area contributed by atoms with Gasteiger partial charge in [-0.3, -0.25) is 0 Å². The minimum Gasteiger partial charge on any atom is -0.338 e. The average molecular weight is 367 g/mol. The fourth-order valence-corrected chi connectivity index (χ4v) is 4.26. The third kappa shape index (κ3) is 4.49. The van der Waals surface area contributed by atoms with E-state index in [1.807, 2.05) is 46.1 Å². The Labute approximate surface area is 160 Å². The van der Waals surface area contributed by atoms with Crippen LogP contribution in [0.1, 0.15) is 51.0 Å². The highest BCUT2D eigenvalue weighted by Gasteiger charge is 2.25. The predicted molar refractivity (Wildman–Crippen MR) is 105 cm³/mol. The van der Waals surface area contributed by atoms with Gasteiger partial charge in [-0.05, 0) is 31.6 Å². The Morgan fingerprint density at radius 2 is 1.78 bits per heavy atom. The number of aromatic nitrogens is 3. The van der Waals surface area contributed by atoms with Crippen LogP contribution >= 0.6 is 0 Å². The van der Waals surface area contributed by atoms with E-state index in [-0.39, 0.29) is 6.03 Å². The highest BCUT2D eigenvalue weighted by Crippen LogP contribution is 2.25. The number of nitrogens with zero attached hydrogens (tertiary/aromatic N) is 4. The first-order valence-corrected chi connectivity index (χ1v) is 10.3. The molecule has 1 saturated carbocycles. The molecule has 2 fully saturated rings. The van der Waals surface area contributed by atoms with Gasteiger partial charge in [-0.15, -0.1) is 5.10 Å². The smallest absolute Gasteiger partial charge is 0.317 e. The van der Waals surface area contributed by atoms with Gasteiger partial charge in [-0.1, -0.05) is 54.8 Å². The van der Waals surface area contributed by atoms with Gasteiger partial charge in [0, 0.05) is 25.2 Å². The summed E-state index contributed by atoms with van der Waals surface area (Å²) < 4.78 is 1.97. The van der Waals surface area contributed by atoms with Gasteiger partial charge in [0.2, 0.25) is 0 Å². The van der Waals surface area contributed by atoms with E-state index in [4.69, 9.17) is 0 Å². The number of piperidine rings is 1. The van der Waals surface area contributed by atoms with E-state index < -0.39 is 0 Å². The van der Waals surface area contributed by atoms with Crippen LogP contribution in [0.25, 0.3) is 11.3 Å². The molecular formula is C21H29N5O. The lowest BCUT2D eigenvalue weighted by Crippen LogP contribution is -2.46. The number of rotatable bonds is 4. The minimum absolute atomic E-state index is 0.0996. The third-order valence-electron chi connectivity index (χ3n) is 5.97. The maximum atomic E-state index is 12.5. The molecule has 2 aromatic rings. The van der Waals surface area contributed by atoms with Crippen LogP contribution in [0.4, 0.5) is 4.79 Å². The van der Waals surface area contributed by atoms with Crippen LogP contribution in [0.5, 0.6) is 0 Å². The van der Waals surface area contributed by atoms with Crippen LogP contribution in [0, 0.1) is 5.92 Å². The van der Waals surface area contributed by atoms with Crippen LogP contribution in [0.2, 0.25) is 0 Å². The number of nitrogens with one attached hydrogen (secondary N) is 1. The molecule has 2 amide bonds. The van der Waals surface area contributed by atoms with Crippen LogP contribution in [0.3, 0.4) is 0 Å². The molecule has 2 aliphatic rings. The van der Waals surface area contributed by atoms with E-state index in [1.54, 1.807) is 0 Å². The van der Waals surface area contributed by atoms with Crippen molar-refractivity contribution in [1.29, 1.82) is 0 Å². The first kappa shape index (κ1) is 18.0. The second-order valence-corrected chi connectivity index (χ2v) is 7.86. The Hall–Kier alpha value is -2.37. The number of amides is 2. The maximum Gasteiger partial charge on any atom is 0.317 e. The summed E-state index contributed by atoms with van der Waals surface area (Å²) in [5.74, 6) is 0.673. The van der Waals surface area contributed by atoms with Gasteiger partial charge in [-0.2, -0.15) is 0 Å². The van der Waals surface area contributed by atoms with E-state index in [0.717, 1.165) is 43.7 Å². The second-order valence-electron chi connectivity index (χ2n) is 7.86. The van der Waals surface area contributed by atoms with Gasteiger partial charge >= 0.3 is 6.03 Å². The molecule has 1 saturated heterocycles. The summed E-state index contributed by atoms with van der Waals surface area (Å²) >= 11 is 0. The molecule has 0 spiro atoms. The van der Waals surface area contributed by atoms with Crippen molar-refractivity contribution in [3.63, 3.8) is 0 Å². The van der Waals surface area contributed by atoms with E-state index >= 15 is 0 Å². The zero-order chi connectivity index (χ0) is 18.5. The lowest BCUT2D eigenvalue weighted by Gasteiger charge is -2.32. The number of urea groups is 1. The van der Waals surface area contributed by atoms with E-state index in [9.17, 15) is 4.79 Å². The van der Waals surface area contributed by atoms with Gasteiger partial charge < -0.3 is 10.2 Å². The summed E-state index contributed by atoms with van der Waals surface area (Å²) in [7, 11) is 0. The Morgan fingerprint density at radius 1 is 1.04 bits per heavy atom. The van der Waals surface area contributed by atoms with Crippen molar-refractivity contribution in [3.05, 3.63) is 36.5 Å². The quantitative estimate of drug-likeness (QED) is 0.892. The first-order chi connectivity index (χ1) is 13.3. The second kappa shape index (κ2) is 8.55. The molecule has 1 aromatic carbocycles. The van der Waals surface area contributed by atoms with E-state index in [1.165, 1.54) is 32.1 Å². The van der Waals surface area contributed by atoms with Gasteiger partial charge in [0.05, 0.1) is 12.2 Å². The molecule has 0 bridgehead atoms. The lowest BCUT2D eigenvalue weighted by atomic mass is 9.89. The summed E-state index contributed by atoms with van der Waals surface area (Å²) in [6, 6.07) is 10.5. The normalized spacial score (nSPS) is 19.2. The standard InChI is InChI=1S/C21H29N5O/c27-21(22-15-17-7-3-1-4-8-17)25-13-11-19(12-14-25)26-16-20(23-24-26)18-9-5-2-6-10-18/h2,5-6,9-10,16-17,19H,1,3-4,7-8,11-15H2,(H,22,27). The highest BCUT2D eigenvalue weighted by molar-refractivity contribution is 5.74. The maximum absolute atomic E-state index is 12.5. The summed E-state index contributed by atoms with van der Waals surface area (Å²) in [5, 5.41) is 11.8. The fourth-order valence-electron chi connectivity index (χ4n) is 4.26. The first-order valence-electron chi connectivity index (χ1n) is 10.3. The Balaban J connectivity index is 1.26. The van der Waals surface area contributed by atoms with Crippen molar-refractivity contribution in [2.45, 2.75) is 51.0 Å². The molecule has 0 unspecified atom stereocenters. The summed E-state index contributed by atoms with van der Waals surface area (Å²) in [4.78, 5) is 14.4. The monoisotopic (exact) mass is 367 g/mol. The predicted octanol–water partition coefficient (Wildman–Crippen LogP) is 3.87. The molecule has 1 N–H and O–H groups in total. The zero-order valence-corrected chi connectivity index (χ0v) is 15.9. The van der Waals surface area contributed by atoms with Gasteiger partial charge in [-0.25, -0.2) is 9.48 Å². The molecule has 4 rings (SSSR count). The minimum atomic E-state index is 0.0996. The summed E-state index contributed by atoms with van der Waals surface area (Å²) in [6.45, 7) is 2.39. The molecule has 6 heteroatoms. The zero-order valence-electron chi connectivity index (χ0n) is 15.9. The van der Waals surface area contributed by atoms with Crippen LogP contribution < -0.4 is 5.32 Å². The molecule has 1 aliphatic heterocycles. The highest BCUT2D eigenvalue weighted by atomic mass is 16.2. The van der Waals surface area contributed by atoms with Crippen LogP contribution in [-0.2, 0) is 0 Å². The van der Waals surface area contributed by atoms with Crippen molar-refractivity contribution in [2.75, 3.05) is 19.6 Å². The Kier molecular flexibility index (Phi) is 5.70. The van der Waals surface area contributed by atoms with Crippen molar-refractivity contribution in [1.82, 2.24) is 25.2 Å². The van der Waals surface area contributed by atoms with Gasteiger partial charge in [0.25, 0.3) is 0 Å². The summed E-state index contributed by atoms with van der Waals surface area (Å²) in [5.41, 5.74) is 1.99. The molecule has 0 radical (unpaired) electrons. The van der Waals surface area contributed by atoms with Crippen molar-refractivity contribution in [3.8, 4) is 11.3 Å². The number of carbonyl (C=O) groups is 1. The lowest BCUT2D eigenvalue weighted by molar-refractivity contribution is 0.165. The largest absolute Gasteiger partial charge is 0.338 e. The van der Waals surface area contributed by atoms with Crippen molar-refractivity contribution in [2.24, 2.45) is 5.92 Å². The molecular weight excluding hydrogens is 338 g/mol. The number of benzene rings is 1. The summed E-state index contributed by atoms with van der Waals surface area (Å²) in [6.07, 6.45) is 10.4. The number of likely N-dealkylation sites (tertiary alicyclic amines) is 1. The average Bonchev–Trinajstić information content (AvgIpc) is 3.24. The van der Waals surface area contributed by atoms with Crippen molar-refractivity contribution >= 4 is 6.03 Å². The number of carbonyl (C=O) groups excluding carboxylic acids is 1. The van der Waals surface area contributed by atoms with Gasteiger partial charge in [0.15, 0.2) is 0 Å². The van der Waals surface area contributed by atoms with E-state index in [2.05, 4.69) is 15.6 Å². The van der Waals surface area contributed by atoms with Crippen molar-refractivity contribution < 1.29 is 4.79 Å². The number of hydrogen-bond donors (Lipinski definition) is 1. The molecule has 1 aliphatic carbocycles. The SMILES string of the molecule is O=C(NCC1CCCCC1)N1CCC(n2cc(-c3ccccc3)nn2)CC1. The topological polar surface area (TPSA) is 63.1 Å². The van der Waals surface area contributed by atoms with E-state index in [0.29, 0.717) is 12.0 Å². The molecule has 0 atom stereocenters.